The van der Waals surface area contributed by atoms with Crippen molar-refractivity contribution in [3.05, 3.63) is 81.3 Å². The Morgan fingerprint density at radius 3 is 2.68 bits per heavy atom. The largest absolute Gasteiger partial charge is 0.461 e. The molecule has 9 nitrogen and oxygen atoms in total. The molecule has 0 amide bonds. The Labute approximate surface area is 196 Å². The first-order chi connectivity index (χ1) is 16.4. The van der Waals surface area contributed by atoms with Gasteiger partial charge in [-0.05, 0) is 50.1 Å². The lowest BCUT2D eigenvalue weighted by Crippen LogP contribution is -2.33. The van der Waals surface area contributed by atoms with Crippen LogP contribution >= 0.6 is 0 Å². The van der Waals surface area contributed by atoms with Crippen molar-refractivity contribution < 1.29 is 9.53 Å². The van der Waals surface area contributed by atoms with Gasteiger partial charge in [-0.25, -0.2) is 9.78 Å². The number of anilines is 1. The first-order valence-corrected chi connectivity index (χ1v) is 11.2. The van der Waals surface area contributed by atoms with Crippen LogP contribution in [0, 0.1) is 13.8 Å². The second kappa shape index (κ2) is 8.66. The summed E-state index contributed by atoms with van der Waals surface area (Å²) in [6, 6.07) is 9.12. The topological polar surface area (TPSA) is 103 Å². The van der Waals surface area contributed by atoms with Crippen LogP contribution in [0.1, 0.15) is 39.9 Å². The highest BCUT2D eigenvalue weighted by molar-refractivity contribution is 5.87. The summed E-state index contributed by atoms with van der Waals surface area (Å²) >= 11 is 0. The number of pyridine rings is 2. The Balaban J connectivity index is 1.48. The molecule has 1 aliphatic rings. The summed E-state index contributed by atoms with van der Waals surface area (Å²) in [7, 11) is 0. The average molecular weight is 457 g/mol. The van der Waals surface area contributed by atoms with E-state index < -0.39 is 11.5 Å². The molecule has 0 saturated heterocycles. The number of nitrogens with zero attached hydrogens (tertiary/aromatic N) is 6. The van der Waals surface area contributed by atoms with E-state index in [4.69, 9.17) is 9.72 Å². The minimum absolute atomic E-state index is 0.0168. The van der Waals surface area contributed by atoms with Crippen molar-refractivity contribution in [3.63, 3.8) is 0 Å². The highest BCUT2D eigenvalue weighted by Crippen LogP contribution is 2.28. The number of fused-ring (bicyclic) bond motifs is 2. The Kier molecular flexibility index (Phi) is 5.53. The Hall–Kier alpha value is -4.14. The van der Waals surface area contributed by atoms with Crippen molar-refractivity contribution in [2.24, 2.45) is 0 Å². The van der Waals surface area contributed by atoms with Gasteiger partial charge in [-0.1, -0.05) is 6.07 Å². The number of hydrogen-bond donors (Lipinski definition) is 0. The third-order valence-electron chi connectivity index (χ3n) is 5.88. The molecule has 172 valence electrons. The van der Waals surface area contributed by atoms with Crippen molar-refractivity contribution in [1.82, 2.24) is 24.6 Å². The Morgan fingerprint density at radius 2 is 1.91 bits per heavy atom. The summed E-state index contributed by atoms with van der Waals surface area (Å²) in [6.07, 6.45) is 4.53. The zero-order valence-electron chi connectivity index (χ0n) is 19.3. The average Bonchev–Trinajstić information content (AvgIpc) is 2.83. The molecular weight excluding hydrogens is 432 g/mol. The summed E-state index contributed by atoms with van der Waals surface area (Å²) < 4.78 is 6.20. The van der Waals surface area contributed by atoms with Crippen LogP contribution in [0.25, 0.3) is 16.8 Å². The number of aromatic nitrogens is 5. The maximum absolute atomic E-state index is 12.7. The van der Waals surface area contributed by atoms with Gasteiger partial charge in [0.25, 0.3) is 5.56 Å². The van der Waals surface area contributed by atoms with E-state index in [1.807, 2.05) is 38.4 Å². The van der Waals surface area contributed by atoms with Crippen LogP contribution in [0.2, 0.25) is 0 Å². The molecule has 0 radical (unpaired) electrons. The zero-order chi connectivity index (χ0) is 23.8. The first kappa shape index (κ1) is 21.7. The van der Waals surface area contributed by atoms with Crippen LogP contribution in [0.5, 0.6) is 0 Å². The van der Waals surface area contributed by atoms with E-state index in [0.29, 0.717) is 18.0 Å². The van der Waals surface area contributed by atoms with Crippen LogP contribution < -0.4 is 10.5 Å². The monoisotopic (exact) mass is 456 g/mol. The van der Waals surface area contributed by atoms with Crippen LogP contribution in [-0.2, 0) is 17.7 Å². The van der Waals surface area contributed by atoms with Gasteiger partial charge in [-0.2, -0.15) is 4.52 Å². The number of esters is 1. The van der Waals surface area contributed by atoms with Crippen molar-refractivity contribution in [2.75, 3.05) is 18.1 Å². The predicted molar refractivity (Wildman–Crippen MR) is 127 cm³/mol. The van der Waals surface area contributed by atoms with Gasteiger partial charge in [0, 0.05) is 60.5 Å². The second-order valence-corrected chi connectivity index (χ2v) is 8.31. The van der Waals surface area contributed by atoms with Crippen molar-refractivity contribution in [2.45, 2.75) is 33.7 Å². The Morgan fingerprint density at radius 1 is 1.09 bits per heavy atom. The molecule has 34 heavy (non-hydrogen) atoms. The summed E-state index contributed by atoms with van der Waals surface area (Å²) in [4.78, 5) is 40.2. The number of carbonyl (C=O) groups excluding carboxylic acids is 1. The number of hydrogen-bond acceptors (Lipinski definition) is 8. The van der Waals surface area contributed by atoms with Crippen LogP contribution in [-0.4, -0.2) is 43.7 Å². The van der Waals surface area contributed by atoms with Gasteiger partial charge in [0.05, 0.1) is 6.61 Å². The lowest BCUT2D eigenvalue weighted by Gasteiger charge is -2.30. The summed E-state index contributed by atoms with van der Waals surface area (Å²) in [5.41, 5.74) is 5.92. The van der Waals surface area contributed by atoms with Gasteiger partial charge in [-0.15, -0.1) is 5.10 Å². The standard InChI is InChI=1S/C25H24N6O3/c1-4-34-25(33)21-11-23(32)31-22(28-21)9-15(2)24(29-31)30-8-7-20-19(14-30)10-18(13-27-20)17-6-5-16(3)26-12-17/h5-6,9-13H,4,7-8,14H2,1-3H3. The van der Waals surface area contributed by atoms with E-state index in [-0.39, 0.29) is 12.3 Å². The van der Waals surface area contributed by atoms with Gasteiger partial charge < -0.3 is 9.64 Å². The molecule has 0 aliphatic carbocycles. The quantitative estimate of drug-likeness (QED) is 0.432. The molecule has 0 unspecified atom stereocenters. The van der Waals surface area contributed by atoms with E-state index in [9.17, 15) is 9.59 Å². The van der Waals surface area contributed by atoms with E-state index in [2.05, 4.69) is 26.0 Å². The molecular formula is C25H24N6O3. The molecule has 9 heteroatoms. The third-order valence-corrected chi connectivity index (χ3v) is 5.88. The van der Waals surface area contributed by atoms with Crippen LogP contribution in [0.15, 0.2) is 47.5 Å². The maximum atomic E-state index is 12.7. The SMILES string of the molecule is CCOC(=O)c1cc(=O)n2nc(N3CCc4ncc(-c5ccc(C)nc5)cc4C3)c(C)cc2n1. The van der Waals surface area contributed by atoms with Crippen LogP contribution in [0.3, 0.4) is 0 Å². The molecule has 4 aromatic heterocycles. The molecule has 5 heterocycles. The molecule has 0 saturated carbocycles. The molecule has 0 bridgehead atoms. The highest BCUT2D eigenvalue weighted by atomic mass is 16.5. The van der Waals surface area contributed by atoms with Gasteiger partial charge >= 0.3 is 5.97 Å². The molecule has 0 fully saturated rings. The van der Waals surface area contributed by atoms with Gasteiger partial charge in [0.2, 0.25) is 0 Å². The minimum Gasteiger partial charge on any atom is -0.461 e. The van der Waals surface area contributed by atoms with Crippen molar-refractivity contribution in [3.8, 4) is 11.1 Å². The van der Waals surface area contributed by atoms with E-state index in [1.165, 1.54) is 4.52 Å². The molecule has 4 aromatic rings. The van der Waals surface area contributed by atoms with Gasteiger partial charge in [0.15, 0.2) is 17.2 Å². The van der Waals surface area contributed by atoms with E-state index in [1.54, 1.807) is 13.0 Å². The summed E-state index contributed by atoms with van der Waals surface area (Å²) in [6.45, 7) is 7.16. The summed E-state index contributed by atoms with van der Waals surface area (Å²) in [5.74, 6) is 0.0805. The van der Waals surface area contributed by atoms with Gasteiger partial charge in [0.1, 0.15) is 0 Å². The molecule has 0 aromatic carbocycles. The van der Waals surface area contributed by atoms with Crippen molar-refractivity contribution in [1.29, 1.82) is 0 Å². The lowest BCUT2D eigenvalue weighted by molar-refractivity contribution is 0.0519. The Bertz CT molecular complexity index is 1460. The minimum atomic E-state index is -0.622. The summed E-state index contributed by atoms with van der Waals surface area (Å²) in [5, 5.41) is 4.59. The molecule has 0 atom stereocenters. The third kappa shape index (κ3) is 4.00. The van der Waals surface area contributed by atoms with Crippen LogP contribution in [0.4, 0.5) is 5.82 Å². The zero-order valence-corrected chi connectivity index (χ0v) is 19.3. The molecule has 1 aliphatic heterocycles. The fourth-order valence-electron chi connectivity index (χ4n) is 4.15. The maximum Gasteiger partial charge on any atom is 0.357 e. The fourth-order valence-corrected chi connectivity index (χ4v) is 4.15. The second-order valence-electron chi connectivity index (χ2n) is 8.31. The smallest absolute Gasteiger partial charge is 0.357 e. The first-order valence-electron chi connectivity index (χ1n) is 11.2. The molecule has 5 rings (SSSR count). The molecule has 0 spiro atoms. The van der Waals surface area contributed by atoms with E-state index in [0.717, 1.165) is 52.7 Å². The number of rotatable bonds is 4. The normalized spacial score (nSPS) is 13.1. The van der Waals surface area contributed by atoms with Gasteiger partial charge in [-0.3, -0.25) is 14.8 Å². The number of ether oxygens (including phenoxy) is 1. The van der Waals surface area contributed by atoms with E-state index >= 15 is 0 Å². The fraction of sp³-hybridized carbons (Fsp3) is 0.280. The highest BCUT2D eigenvalue weighted by Gasteiger charge is 2.22. The number of aryl methyl sites for hydroxylation is 2. The van der Waals surface area contributed by atoms with Crippen molar-refractivity contribution >= 4 is 17.4 Å². The number of carbonyl (C=O) groups is 1. The lowest BCUT2D eigenvalue weighted by atomic mass is 10.0. The molecule has 0 N–H and O–H groups in total. The predicted octanol–water partition coefficient (Wildman–Crippen LogP) is 2.90.